The first-order valence-corrected chi connectivity index (χ1v) is 7.88. The van der Waals surface area contributed by atoms with Gasteiger partial charge in [-0.15, -0.1) is 0 Å². The maximum Gasteiger partial charge on any atom is 0.122 e. The largest absolute Gasteiger partial charge is 0.496 e. The number of hydrogen-bond donors (Lipinski definition) is 2. The lowest BCUT2D eigenvalue weighted by atomic mass is 9.87. The Labute approximate surface area is 131 Å². The molecule has 0 saturated heterocycles. The molecular formula is C19H23NO2. The molecule has 0 radical (unpaired) electrons. The van der Waals surface area contributed by atoms with Crippen LogP contribution in [-0.4, -0.2) is 24.9 Å². The topological polar surface area (TPSA) is 41.5 Å². The molecule has 0 saturated carbocycles. The van der Waals surface area contributed by atoms with Gasteiger partial charge in [-0.3, -0.25) is 0 Å². The molecule has 2 aromatic rings. The van der Waals surface area contributed by atoms with Crippen LogP contribution >= 0.6 is 0 Å². The van der Waals surface area contributed by atoms with E-state index in [9.17, 15) is 5.11 Å². The molecular weight excluding hydrogens is 274 g/mol. The first-order valence-electron chi connectivity index (χ1n) is 7.88. The van der Waals surface area contributed by atoms with Gasteiger partial charge in [0.05, 0.1) is 19.8 Å². The van der Waals surface area contributed by atoms with Gasteiger partial charge in [0.2, 0.25) is 0 Å². The molecule has 1 aliphatic rings. The van der Waals surface area contributed by atoms with Crippen LogP contribution in [0.3, 0.4) is 0 Å². The predicted octanol–water partition coefficient (Wildman–Crippen LogP) is 2.88. The zero-order valence-corrected chi connectivity index (χ0v) is 13.0. The van der Waals surface area contributed by atoms with Crippen LogP contribution in [0.1, 0.15) is 29.2 Å². The fraction of sp³-hybridized carbons (Fsp3) is 0.368. The Morgan fingerprint density at radius 2 is 2.00 bits per heavy atom. The normalized spacial score (nSPS) is 18.5. The summed E-state index contributed by atoms with van der Waals surface area (Å²) in [5.41, 5.74) is 3.83. The first kappa shape index (κ1) is 15.1. The minimum atomic E-state index is -0.00152. The summed E-state index contributed by atoms with van der Waals surface area (Å²) < 4.78 is 5.46. The molecule has 3 heteroatoms. The van der Waals surface area contributed by atoms with Gasteiger partial charge in [0.1, 0.15) is 5.75 Å². The molecule has 116 valence electrons. The molecule has 22 heavy (non-hydrogen) atoms. The lowest BCUT2D eigenvalue weighted by Gasteiger charge is -2.30. The number of fused-ring (bicyclic) bond motifs is 1. The van der Waals surface area contributed by atoms with Gasteiger partial charge in [-0.1, -0.05) is 42.5 Å². The number of benzene rings is 2. The third kappa shape index (κ3) is 3.16. The van der Waals surface area contributed by atoms with E-state index in [0.29, 0.717) is 6.04 Å². The molecule has 3 nitrogen and oxygen atoms in total. The molecule has 0 amide bonds. The van der Waals surface area contributed by atoms with E-state index in [1.54, 1.807) is 7.11 Å². The minimum absolute atomic E-state index is 0.00152. The average Bonchev–Trinajstić information content (AvgIpc) is 2.59. The number of rotatable bonds is 5. The summed E-state index contributed by atoms with van der Waals surface area (Å²) in [5.74, 6) is 0.998. The maximum atomic E-state index is 9.71. The lowest BCUT2D eigenvalue weighted by molar-refractivity contribution is 0.228. The van der Waals surface area contributed by atoms with Crippen LogP contribution in [0.5, 0.6) is 5.75 Å². The van der Waals surface area contributed by atoms with E-state index in [0.717, 1.165) is 30.6 Å². The highest BCUT2D eigenvalue weighted by Crippen LogP contribution is 2.30. The van der Waals surface area contributed by atoms with Crippen molar-refractivity contribution in [3.05, 3.63) is 65.2 Å². The zero-order chi connectivity index (χ0) is 15.4. The van der Waals surface area contributed by atoms with Gasteiger partial charge in [0, 0.05) is 6.04 Å². The van der Waals surface area contributed by atoms with E-state index in [1.165, 1.54) is 11.1 Å². The second kappa shape index (κ2) is 6.95. The van der Waals surface area contributed by atoms with E-state index in [2.05, 4.69) is 29.6 Å². The van der Waals surface area contributed by atoms with Gasteiger partial charge >= 0.3 is 0 Å². The average molecular weight is 297 g/mol. The van der Waals surface area contributed by atoms with Crippen LogP contribution in [-0.2, 0) is 12.8 Å². The summed E-state index contributed by atoms with van der Waals surface area (Å²) in [5, 5.41) is 13.3. The van der Waals surface area contributed by atoms with Gasteiger partial charge < -0.3 is 15.2 Å². The minimum Gasteiger partial charge on any atom is -0.496 e. The van der Waals surface area contributed by atoms with Crippen molar-refractivity contribution in [2.75, 3.05) is 13.7 Å². The Hall–Kier alpha value is -1.84. The van der Waals surface area contributed by atoms with Gasteiger partial charge in [-0.2, -0.15) is 0 Å². The number of aliphatic hydroxyl groups is 1. The number of hydrogen-bond acceptors (Lipinski definition) is 3. The van der Waals surface area contributed by atoms with Gasteiger partial charge in [-0.25, -0.2) is 0 Å². The Morgan fingerprint density at radius 1 is 1.18 bits per heavy atom. The molecule has 0 aromatic heterocycles. The van der Waals surface area contributed by atoms with E-state index in [4.69, 9.17) is 4.74 Å². The first-order chi connectivity index (χ1) is 10.8. The number of methoxy groups -OCH3 is 1. The number of ether oxygens (including phenoxy) is 1. The molecule has 2 N–H and O–H groups in total. The lowest BCUT2D eigenvalue weighted by Crippen LogP contribution is -2.38. The zero-order valence-electron chi connectivity index (χ0n) is 13.0. The standard InChI is InChI=1S/C19H23NO2/c1-22-19-9-5-8-15-12-16(10-11-17(15)19)20-18(13-21)14-6-3-2-4-7-14/h2-9,16,18,20-21H,10-13H2,1H3/t16-,18?/m0/s1. The fourth-order valence-corrected chi connectivity index (χ4v) is 3.33. The van der Waals surface area contributed by atoms with Crippen LogP contribution < -0.4 is 10.1 Å². The summed E-state index contributed by atoms with van der Waals surface area (Å²) in [4.78, 5) is 0. The van der Waals surface area contributed by atoms with E-state index < -0.39 is 0 Å². The summed E-state index contributed by atoms with van der Waals surface area (Å²) >= 11 is 0. The second-order valence-corrected chi connectivity index (χ2v) is 5.85. The van der Waals surface area contributed by atoms with Crippen LogP contribution in [0, 0.1) is 0 Å². The highest BCUT2D eigenvalue weighted by molar-refractivity contribution is 5.42. The van der Waals surface area contributed by atoms with Crippen molar-refractivity contribution < 1.29 is 9.84 Å². The highest BCUT2D eigenvalue weighted by atomic mass is 16.5. The third-order valence-corrected chi connectivity index (χ3v) is 4.48. The van der Waals surface area contributed by atoms with Crippen LogP contribution in [0.15, 0.2) is 48.5 Å². The summed E-state index contributed by atoms with van der Waals surface area (Å²) in [7, 11) is 1.73. The molecule has 0 fully saturated rings. The monoisotopic (exact) mass is 297 g/mol. The second-order valence-electron chi connectivity index (χ2n) is 5.85. The molecule has 0 heterocycles. The van der Waals surface area contributed by atoms with Crippen LogP contribution in [0.2, 0.25) is 0 Å². The molecule has 3 rings (SSSR count). The Balaban J connectivity index is 1.72. The summed E-state index contributed by atoms with van der Waals surface area (Å²) in [6.45, 7) is 0.117. The van der Waals surface area contributed by atoms with Crippen LogP contribution in [0.4, 0.5) is 0 Å². The van der Waals surface area contributed by atoms with Crippen molar-refractivity contribution in [2.24, 2.45) is 0 Å². The van der Waals surface area contributed by atoms with Gasteiger partial charge in [0.15, 0.2) is 0 Å². The van der Waals surface area contributed by atoms with Crippen molar-refractivity contribution in [3.8, 4) is 5.75 Å². The summed E-state index contributed by atoms with van der Waals surface area (Å²) in [6.07, 6.45) is 3.07. The maximum absolute atomic E-state index is 9.71. The van der Waals surface area contributed by atoms with E-state index in [-0.39, 0.29) is 12.6 Å². The SMILES string of the molecule is COc1cccc2c1CC[C@H](NC(CO)c1ccccc1)C2. The molecule has 2 atom stereocenters. The van der Waals surface area contributed by atoms with Crippen LogP contribution in [0.25, 0.3) is 0 Å². The Morgan fingerprint density at radius 3 is 2.73 bits per heavy atom. The molecule has 1 unspecified atom stereocenters. The Kier molecular flexibility index (Phi) is 4.76. The quantitative estimate of drug-likeness (QED) is 0.891. The van der Waals surface area contributed by atoms with E-state index in [1.807, 2.05) is 24.3 Å². The molecule has 1 aliphatic carbocycles. The summed E-state index contributed by atoms with van der Waals surface area (Å²) in [6, 6.07) is 16.8. The predicted molar refractivity (Wildman–Crippen MR) is 88.2 cm³/mol. The van der Waals surface area contributed by atoms with Crippen molar-refractivity contribution in [1.29, 1.82) is 0 Å². The fourth-order valence-electron chi connectivity index (χ4n) is 3.33. The van der Waals surface area contributed by atoms with Crippen molar-refractivity contribution in [1.82, 2.24) is 5.32 Å². The Bertz CT molecular complexity index is 612. The third-order valence-electron chi connectivity index (χ3n) is 4.48. The van der Waals surface area contributed by atoms with Crippen molar-refractivity contribution in [2.45, 2.75) is 31.3 Å². The number of aliphatic hydroxyl groups excluding tert-OH is 1. The highest BCUT2D eigenvalue weighted by Gasteiger charge is 2.23. The van der Waals surface area contributed by atoms with Crippen molar-refractivity contribution >= 4 is 0 Å². The molecule has 0 aliphatic heterocycles. The molecule has 0 spiro atoms. The number of nitrogens with one attached hydrogen (secondary N) is 1. The van der Waals surface area contributed by atoms with E-state index >= 15 is 0 Å². The van der Waals surface area contributed by atoms with Crippen molar-refractivity contribution in [3.63, 3.8) is 0 Å². The molecule has 2 aromatic carbocycles. The molecule has 0 bridgehead atoms. The smallest absolute Gasteiger partial charge is 0.122 e. The van der Waals surface area contributed by atoms with Gasteiger partial charge in [0.25, 0.3) is 0 Å². The van der Waals surface area contributed by atoms with Gasteiger partial charge in [-0.05, 0) is 42.0 Å².